The van der Waals surface area contributed by atoms with Crippen LogP contribution in [0.3, 0.4) is 0 Å². The van der Waals surface area contributed by atoms with Crippen LogP contribution in [0.5, 0.6) is 0 Å². The lowest BCUT2D eigenvalue weighted by Crippen LogP contribution is -2.18. The van der Waals surface area contributed by atoms with Crippen LogP contribution in [0.2, 0.25) is 0 Å². The van der Waals surface area contributed by atoms with Gasteiger partial charge < -0.3 is 6.15 Å². The number of allylic oxidation sites excluding steroid dienone is 3. The monoisotopic (exact) mass is 609 g/mol. The third-order valence-electron chi connectivity index (χ3n) is 11.1. The van der Waals surface area contributed by atoms with Gasteiger partial charge in [0.05, 0.1) is 0 Å². The molecule has 6 rings (SSSR count). The molecule has 0 saturated heterocycles. The highest BCUT2D eigenvalue weighted by atomic mass is 16.1. The molecule has 4 aliphatic carbocycles. The fraction of sp³-hybridized carbons (Fsp3) is 0.571. The Balaban J connectivity index is 0.00000151. The van der Waals surface area contributed by atoms with Crippen LogP contribution in [0, 0.1) is 24.7 Å². The van der Waals surface area contributed by atoms with Crippen LogP contribution in [0.1, 0.15) is 150 Å². The second-order valence-corrected chi connectivity index (χ2v) is 14.1. The van der Waals surface area contributed by atoms with E-state index in [1.807, 2.05) is 13.8 Å². The highest BCUT2D eigenvalue weighted by molar-refractivity contribution is 5.85. The van der Waals surface area contributed by atoms with Gasteiger partial charge >= 0.3 is 0 Å². The van der Waals surface area contributed by atoms with Crippen LogP contribution in [0.15, 0.2) is 60.7 Å². The van der Waals surface area contributed by atoms with Gasteiger partial charge in [-0.05, 0) is 142 Å². The summed E-state index contributed by atoms with van der Waals surface area (Å²) in [6.07, 6.45) is 19.5. The van der Waals surface area contributed by atoms with E-state index in [2.05, 4.69) is 62.0 Å². The van der Waals surface area contributed by atoms with Gasteiger partial charge in [-0.15, -0.1) is 0 Å². The van der Waals surface area contributed by atoms with E-state index in [0.717, 1.165) is 63.7 Å². The van der Waals surface area contributed by atoms with E-state index >= 15 is 0 Å². The van der Waals surface area contributed by atoms with Gasteiger partial charge in [-0.1, -0.05) is 81.0 Å². The first-order valence-corrected chi connectivity index (χ1v) is 18.1. The SMILES string of the molecule is C=C(CCCCC1CCCC1=O)c1ccc(C2CCC(c3ccccc3C)CC2)c(CC(=O)C2CC=C(C3CC3)C2)c1.CC.N. The van der Waals surface area contributed by atoms with Gasteiger partial charge in [0.1, 0.15) is 11.6 Å². The second-order valence-electron chi connectivity index (χ2n) is 14.1. The maximum Gasteiger partial charge on any atom is 0.140 e. The molecule has 0 aliphatic heterocycles. The zero-order valence-corrected chi connectivity index (χ0v) is 28.5. The Kier molecular flexibility index (Phi) is 13.0. The summed E-state index contributed by atoms with van der Waals surface area (Å²) in [6.45, 7) is 10.7. The number of hydrogen-bond donors (Lipinski definition) is 1. The molecule has 0 spiro atoms. The lowest BCUT2D eigenvalue weighted by atomic mass is 9.73. The van der Waals surface area contributed by atoms with Gasteiger partial charge in [0, 0.05) is 24.7 Å². The summed E-state index contributed by atoms with van der Waals surface area (Å²) < 4.78 is 0. The Morgan fingerprint density at radius 2 is 1.56 bits per heavy atom. The molecule has 4 aliphatic rings. The van der Waals surface area contributed by atoms with E-state index in [0.29, 0.717) is 35.7 Å². The summed E-state index contributed by atoms with van der Waals surface area (Å²) in [4.78, 5) is 25.7. The highest BCUT2D eigenvalue weighted by Crippen LogP contribution is 2.45. The molecule has 0 aromatic heterocycles. The number of carbonyl (C=O) groups is 2. The maximum atomic E-state index is 13.7. The topological polar surface area (TPSA) is 69.1 Å². The number of hydrogen-bond acceptors (Lipinski definition) is 3. The fourth-order valence-corrected chi connectivity index (χ4v) is 8.31. The molecule has 2 unspecified atom stereocenters. The van der Waals surface area contributed by atoms with Crippen LogP contribution in [0.4, 0.5) is 0 Å². The van der Waals surface area contributed by atoms with E-state index in [9.17, 15) is 9.59 Å². The van der Waals surface area contributed by atoms with Crippen molar-refractivity contribution in [3.05, 3.63) is 88.5 Å². The fourth-order valence-electron chi connectivity index (χ4n) is 8.31. The number of unbranched alkanes of at least 4 members (excludes halogenated alkanes) is 1. The van der Waals surface area contributed by atoms with Gasteiger partial charge in [-0.25, -0.2) is 0 Å². The molecule has 3 N–H and O–H groups in total. The molecular weight excluding hydrogens is 550 g/mol. The molecule has 0 heterocycles. The van der Waals surface area contributed by atoms with Crippen molar-refractivity contribution in [2.45, 2.75) is 135 Å². The van der Waals surface area contributed by atoms with Crippen LogP contribution >= 0.6 is 0 Å². The molecule has 0 bridgehead atoms. The third kappa shape index (κ3) is 8.94. The summed E-state index contributed by atoms with van der Waals surface area (Å²) in [5.74, 6) is 3.35. The largest absolute Gasteiger partial charge is 0.344 e. The smallest absolute Gasteiger partial charge is 0.140 e. The molecule has 2 aromatic rings. The number of rotatable bonds is 12. The predicted molar refractivity (Wildman–Crippen MR) is 190 cm³/mol. The minimum Gasteiger partial charge on any atom is -0.344 e. The average Bonchev–Trinajstić information content (AvgIpc) is 3.63. The Bertz CT molecular complexity index is 1340. The first-order valence-electron chi connectivity index (χ1n) is 18.1. The van der Waals surface area contributed by atoms with Crippen molar-refractivity contribution in [2.24, 2.45) is 17.8 Å². The molecule has 3 nitrogen and oxygen atoms in total. The number of ketones is 2. The van der Waals surface area contributed by atoms with Crippen molar-refractivity contribution in [3.8, 4) is 0 Å². The van der Waals surface area contributed by atoms with Crippen LogP contribution < -0.4 is 6.15 Å². The van der Waals surface area contributed by atoms with Crippen molar-refractivity contribution in [1.29, 1.82) is 0 Å². The number of aryl methyl sites for hydroxylation is 1. The Morgan fingerprint density at radius 3 is 2.22 bits per heavy atom. The van der Waals surface area contributed by atoms with Crippen molar-refractivity contribution in [2.75, 3.05) is 0 Å². The van der Waals surface area contributed by atoms with Crippen LogP contribution in [0.25, 0.3) is 5.57 Å². The molecule has 45 heavy (non-hydrogen) atoms. The lowest BCUT2D eigenvalue weighted by molar-refractivity contribution is -0.122. The van der Waals surface area contributed by atoms with Crippen LogP contribution in [-0.4, -0.2) is 11.6 Å². The molecule has 2 aromatic carbocycles. The van der Waals surface area contributed by atoms with E-state index in [4.69, 9.17) is 0 Å². The lowest BCUT2D eigenvalue weighted by Gasteiger charge is -2.31. The van der Waals surface area contributed by atoms with Gasteiger partial charge in [-0.2, -0.15) is 0 Å². The molecule has 3 heteroatoms. The third-order valence-corrected chi connectivity index (χ3v) is 11.1. The summed E-state index contributed by atoms with van der Waals surface area (Å²) in [5.41, 5.74) is 9.55. The Labute approximate surface area is 273 Å². The number of Topliss-reactive ketones (excluding diaryl/α,β-unsaturated/α-hetero) is 2. The first-order chi connectivity index (χ1) is 21.5. The molecule has 3 saturated carbocycles. The predicted octanol–water partition coefficient (Wildman–Crippen LogP) is 11.4. The maximum absolute atomic E-state index is 13.7. The van der Waals surface area contributed by atoms with E-state index in [-0.39, 0.29) is 12.1 Å². The molecule has 0 amide bonds. The summed E-state index contributed by atoms with van der Waals surface area (Å²) >= 11 is 0. The van der Waals surface area contributed by atoms with Crippen molar-refractivity contribution < 1.29 is 9.59 Å². The Morgan fingerprint density at radius 1 is 0.867 bits per heavy atom. The van der Waals surface area contributed by atoms with Crippen molar-refractivity contribution in [1.82, 2.24) is 6.15 Å². The molecule has 2 atom stereocenters. The molecule has 244 valence electrons. The highest BCUT2D eigenvalue weighted by Gasteiger charge is 2.34. The summed E-state index contributed by atoms with van der Waals surface area (Å²) in [7, 11) is 0. The minimum absolute atomic E-state index is 0. The summed E-state index contributed by atoms with van der Waals surface area (Å²) in [5, 5.41) is 0. The molecular formula is C42H59NO2. The quantitative estimate of drug-likeness (QED) is 0.192. The second kappa shape index (κ2) is 16.7. The van der Waals surface area contributed by atoms with E-state index in [1.54, 1.807) is 5.57 Å². The summed E-state index contributed by atoms with van der Waals surface area (Å²) in [6, 6.07) is 15.9. The normalized spacial score (nSPS) is 24.3. The van der Waals surface area contributed by atoms with Gasteiger partial charge in [-0.3, -0.25) is 9.59 Å². The van der Waals surface area contributed by atoms with Crippen LogP contribution in [-0.2, 0) is 16.0 Å². The van der Waals surface area contributed by atoms with Gasteiger partial charge in [0.25, 0.3) is 0 Å². The van der Waals surface area contributed by atoms with Crippen molar-refractivity contribution >= 4 is 17.1 Å². The number of carbonyl (C=O) groups excluding carboxylic acids is 2. The van der Waals surface area contributed by atoms with E-state index in [1.165, 1.54) is 71.9 Å². The Hall–Kier alpha value is -2.78. The minimum atomic E-state index is 0. The molecule has 3 fully saturated rings. The van der Waals surface area contributed by atoms with Gasteiger partial charge in [0.15, 0.2) is 0 Å². The standard InChI is InChI=1S/C40H50O2.C2H6.H3N/c1-27(8-3-5-10-32-11-7-13-39(32)41)33-22-23-38(31-18-16-30(17-19-31)37-12-6-4-9-28(37)2)36(24-33)26-40(42)35-21-20-34(25-35)29-14-15-29;1-2;/h4,6,9,12,20,22-24,29-32,35H,1,3,5,7-8,10-11,13-19,21,25-26H2,2H3;1-2H3;1H3. The molecule has 0 radical (unpaired) electrons. The first kappa shape index (κ1) is 35.1. The zero-order valence-electron chi connectivity index (χ0n) is 28.5. The van der Waals surface area contributed by atoms with Crippen molar-refractivity contribution in [3.63, 3.8) is 0 Å². The zero-order chi connectivity index (χ0) is 31.1. The number of benzene rings is 2. The van der Waals surface area contributed by atoms with Gasteiger partial charge in [0.2, 0.25) is 0 Å². The average molecular weight is 610 g/mol. The van der Waals surface area contributed by atoms with E-state index < -0.39 is 0 Å².